The largest absolute Gasteiger partial charge is 0.416 e. The van der Waals surface area contributed by atoms with E-state index in [1.807, 2.05) is 0 Å². The summed E-state index contributed by atoms with van der Waals surface area (Å²) in [7, 11) is 0. The molecule has 0 saturated heterocycles. The van der Waals surface area contributed by atoms with E-state index in [1.54, 1.807) is 0 Å². The highest BCUT2D eigenvalue weighted by atomic mass is 19.4. The number of nitrogens with zero attached hydrogens (tertiary/aromatic N) is 4. The van der Waals surface area contributed by atoms with Crippen molar-refractivity contribution in [3.63, 3.8) is 0 Å². The van der Waals surface area contributed by atoms with E-state index in [4.69, 9.17) is 5.73 Å². The molecule has 0 radical (unpaired) electrons. The van der Waals surface area contributed by atoms with E-state index in [1.165, 1.54) is 24.5 Å². The Labute approximate surface area is 152 Å². The number of hydrogen-bond donors (Lipinski definition) is 1. The summed E-state index contributed by atoms with van der Waals surface area (Å²) >= 11 is 0. The quantitative estimate of drug-likeness (QED) is 0.663. The van der Waals surface area contributed by atoms with Crippen LogP contribution in [0.4, 0.5) is 32.3 Å². The van der Waals surface area contributed by atoms with Crippen molar-refractivity contribution in [2.45, 2.75) is 12.4 Å². The lowest BCUT2D eigenvalue weighted by molar-refractivity contribution is -0.143. The van der Waals surface area contributed by atoms with Crippen LogP contribution >= 0.6 is 0 Å². The van der Waals surface area contributed by atoms with Crippen molar-refractivity contribution in [2.24, 2.45) is 0 Å². The molecule has 6 nitrogen and oxygen atoms in total. The highest BCUT2D eigenvalue weighted by Gasteiger charge is 2.37. The monoisotopic (exact) mass is 401 g/mol. The number of pyridine rings is 1. The number of benzene rings is 1. The molecule has 0 fully saturated rings. The molecule has 28 heavy (non-hydrogen) atoms. The highest BCUT2D eigenvalue weighted by molar-refractivity contribution is 5.97. The van der Waals surface area contributed by atoms with Gasteiger partial charge in [-0.25, -0.2) is 0 Å². The normalized spacial score (nSPS) is 12.2. The van der Waals surface area contributed by atoms with E-state index in [0.29, 0.717) is 22.4 Å². The molecular weight excluding hydrogens is 392 g/mol. The first kappa shape index (κ1) is 19.3. The SMILES string of the molecule is Nc1nc(-c2ccncc2)nn1C(=O)c1cc(C(F)(F)F)cc(C(F)(F)F)c1. The zero-order valence-electron chi connectivity index (χ0n) is 13.6. The first-order chi connectivity index (χ1) is 13.0. The molecule has 0 saturated carbocycles. The minimum Gasteiger partial charge on any atom is -0.368 e. The molecule has 0 bridgehead atoms. The molecule has 2 aromatic heterocycles. The van der Waals surface area contributed by atoms with Gasteiger partial charge in [0.15, 0.2) is 5.82 Å². The standard InChI is InChI=1S/C16H9F6N5O/c17-15(18,19)10-5-9(6-11(7-10)16(20,21)22)13(28)27-14(23)25-12(26-27)8-1-3-24-4-2-8/h1-7H,(H2,23,25,26). The van der Waals surface area contributed by atoms with Gasteiger partial charge in [0.05, 0.1) is 11.1 Å². The zero-order chi connectivity index (χ0) is 20.7. The number of rotatable bonds is 2. The molecule has 3 aromatic rings. The number of nitrogen functional groups attached to an aromatic ring is 1. The zero-order valence-corrected chi connectivity index (χ0v) is 13.6. The fourth-order valence-corrected chi connectivity index (χ4v) is 2.30. The Balaban J connectivity index is 2.09. The van der Waals surface area contributed by atoms with Gasteiger partial charge >= 0.3 is 12.4 Å². The van der Waals surface area contributed by atoms with Crippen LogP contribution in [0.3, 0.4) is 0 Å². The molecule has 2 N–H and O–H groups in total. The number of anilines is 1. The number of alkyl halides is 6. The van der Waals surface area contributed by atoms with Crippen molar-refractivity contribution in [3.8, 4) is 11.4 Å². The Morgan fingerprint density at radius 3 is 1.96 bits per heavy atom. The van der Waals surface area contributed by atoms with Gasteiger partial charge in [0, 0.05) is 23.5 Å². The van der Waals surface area contributed by atoms with Crippen LogP contribution in [0.25, 0.3) is 11.4 Å². The maximum atomic E-state index is 13.0. The molecule has 1 aromatic carbocycles. The Hall–Kier alpha value is -3.44. The minimum atomic E-state index is -5.09. The van der Waals surface area contributed by atoms with Crippen molar-refractivity contribution < 1.29 is 31.1 Å². The fourth-order valence-electron chi connectivity index (χ4n) is 2.30. The van der Waals surface area contributed by atoms with Crippen LogP contribution in [-0.4, -0.2) is 25.7 Å². The van der Waals surface area contributed by atoms with E-state index in [9.17, 15) is 31.1 Å². The van der Waals surface area contributed by atoms with E-state index >= 15 is 0 Å². The molecule has 0 aliphatic rings. The van der Waals surface area contributed by atoms with Crippen molar-refractivity contribution in [1.82, 2.24) is 19.7 Å². The molecule has 146 valence electrons. The molecular formula is C16H9F6N5O. The summed E-state index contributed by atoms with van der Waals surface area (Å²) in [5, 5.41) is 3.78. The Kier molecular flexibility index (Phi) is 4.57. The lowest BCUT2D eigenvalue weighted by atomic mass is 10.0. The van der Waals surface area contributed by atoms with Gasteiger partial charge in [-0.05, 0) is 30.3 Å². The van der Waals surface area contributed by atoms with Crippen LogP contribution in [0.15, 0.2) is 42.7 Å². The Morgan fingerprint density at radius 1 is 0.929 bits per heavy atom. The van der Waals surface area contributed by atoms with Gasteiger partial charge in [-0.3, -0.25) is 9.78 Å². The van der Waals surface area contributed by atoms with Crippen LogP contribution in [-0.2, 0) is 12.4 Å². The summed E-state index contributed by atoms with van der Waals surface area (Å²) in [6.07, 6.45) is -7.38. The number of nitrogens with two attached hydrogens (primary N) is 1. The minimum absolute atomic E-state index is 0.0451. The van der Waals surface area contributed by atoms with Gasteiger partial charge in [0.1, 0.15) is 0 Å². The van der Waals surface area contributed by atoms with E-state index < -0.39 is 40.9 Å². The second kappa shape index (κ2) is 6.62. The molecule has 0 unspecified atom stereocenters. The van der Waals surface area contributed by atoms with Gasteiger partial charge in [-0.2, -0.15) is 36.0 Å². The van der Waals surface area contributed by atoms with Gasteiger partial charge in [0.2, 0.25) is 5.95 Å². The third kappa shape index (κ3) is 3.80. The van der Waals surface area contributed by atoms with E-state index in [-0.39, 0.29) is 11.9 Å². The average molecular weight is 401 g/mol. The number of aromatic nitrogens is 4. The summed E-state index contributed by atoms with van der Waals surface area (Å²) in [5.41, 5.74) is 1.83. The second-order valence-corrected chi connectivity index (χ2v) is 5.54. The summed E-state index contributed by atoms with van der Waals surface area (Å²) < 4.78 is 78.2. The third-order valence-electron chi connectivity index (χ3n) is 3.60. The van der Waals surface area contributed by atoms with Crippen LogP contribution in [0.5, 0.6) is 0 Å². The first-order valence-corrected chi connectivity index (χ1v) is 7.44. The second-order valence-electron chi connectivity index (χ2n) is 5.54. The van der Waals surface area contributed by atoms with Gasteiger partial charge < -0.3 is 5.73 Å². The molecule has 0 aliphatic heterocycles. The van der Waals surface area contributed by atoms with Crippen LogP contribution in [0.2, 0.25) is 0 Å². The topological polar surface area (TPSA) is 86.7 Å². The molecule has 3 rings (SSSR count). The third-order valence-corrected chi connectivity index (χ3v) is 3.60. The highest BCUT2D eigenvalue weighted by Crippen LogP contribution is 2.36. The number of carbonyl (C=O) groups is 1. The predicted molar refractivity (Wildman–Crippen MR) is 83.8 cm³/mol. The van der Waals surface area contributed by atoms with Crippen molar-refractivity contribution in [3.05, 3.63) is 59.4 Å². The molecule has 2 heterocycles. The number of carbonyl (C=O) groups excluding carboxylic acids is 1. The predicted octanol–water partition coefficient (Wildman–Crippen LogP) is 3.65. The maximum absolute atomic E-state index is 13.0. The van der Waals surface area contributed by atoms with Gasteiger partial charge in [-0.15, -0.1) is 5.10 Å². The summed E-state index contributed by atoms with van der Waals surface area (Å²) in [6.45, 7) is 0. The molecule has 0 aliphatic carbocycles. The molecule has 0 amide bonds. The van der Waals surface area contributed by atoms with Crippen molar-refractivity contribution >= 4 is 11.9 Å². The lowest BCUT2D eigenvalue weighted by Crippen LogP contribution is -2.19. The molecule has 0 spiro atoms. The van der Waals surface area contributed by atoms with Crippen LogP contribution in [0.1, 0.15) is 21.5 Å². The summed E-state index contributed by atoms with van der Waals surface area (Å²) in [6, 6.07) is 3.48. The summed E-state index contributed by atoms with van der Waals surface area (Å²) in [5.74, 6) is -1.83. The van der Waals surface area contributed by atoms with Gasteiger partial charge in [0.25, 0.3) is 5.91 Å². The smallest absolute Gasteiger partial charge is 0.368 e. The average Bonchev–Trinajstić information content (AvgIpc) is 3.02. The van der Waals surface area contributed by atoms with Crippen LogP contribution < -0.4 is 5.73 Å². The maximum Gasteiger partial charge on any atom is 0.416 e. The van der Waals surface area contributed by atoms with Crippen LogP contribution in [0, 0.1) is 0 Å². The van der Waals surface area contributed by atoms with Crippen molar-refractivity contribution in [1.29, 1.82) is 0 Å². The molecule has 0 atom stereocenters. The van der Waals surface area contributed by atoms with Crippen molar-refractivity contribution in [2.75, 3.05) is 5.73 Å². The Morgan fingerprint density at radius 2 is 1.46 bits per heavy atom. The number of hydrogen-bond acceptors (Lipinski definition) is 5. The lowest BCUT2D eigenvalue weighted by Gasteiger charge is -2.13. The number of halogens is 6. The summed E-state index contributed by atoms with van der Waals surface area (Å²) in [4.78, 5) is 20.1. The van der Waals surface area contributed by atoms with Gasteiger partial charge in [-0.1, -0.05) is 0 Å². The van der Waals surface area contributed by atoms with E-state index in [0.717, 1.165) is 0 Å². The first-order valence-electron chi connectivity index (χ1n) is 7.44. The molecule has 12 heteroatoms. The fraction of sp³-hybridized carbons (Fsp3) is 0.125. The van der Waals surface area contributed by atoms with E-state index in [2.05, 4.69) is 15.1 Å². The Bertz CT molecular complexity index is 994.